The number of aryl methyl sites for hydroxylation is 1. The van der Waals surface area contributed by atoms with Gasteiger partial charge in [0.05, 0.1) is 6.42 Å². The minimum absolute atomic E-state index is 0.200. The van der Waals surface area contributed by atoms with Crippen molar-refractivity contribution in [3.8, 4) is 0 Å². The minimum Gasteiger partial charge on any atom is -0.356 e. The van der Waals surface area contributed by atoms with Gasteiger partial charge >= 0.3 is 6.18 Å². The number of halogens is 4. The summed E-state index contributed by atoms with van der Waals surface area (Å²) >= 11 is 0. The maximum atomic E-state index is 13.4. The molecule has 0 saturated heterocycles. The molecule has 0 unspecified atom stereocenters. The summed E-state index contributed by atoms with van der Waals surface area (Å²) in [5.41, 5.74) is 0.646. The SMILES string of the molecule is CN=C(NCCNC(=O)c1ccc(C)c(F)c1)NCCC(F)(F)F. The van der Waals surface area contributed by atoms with Gasteiger partial charge in [-0.2, -0.15) is 13.2 Å². The second kappa shape index (κ2) is 9.09. The normalized spacial score (nSPS) is 12.0. The van der Waals surface area contributed by atoms with Gasteiger partial charge in [0.25, 0.3) is 5.91 Å². The Hall–Kier alpha value is -2.32. The fourth-order valence-electron chi connectivity index (χ4n) is 1.74. The van der Waals surface area contributed by atoms with Crippen LogP contribution in [0.25, 0.3) is 0 Å². The molecule has 0 aliphatic heterocycles. The predicted octanol–water partition coefficient (Wildman–Crippen LogP) is 1.98. The van der Waals surface area contributed by atoms with Crippen LogP contribution in [0, 0.1) is 12.7 Å². The number of amides is 1. The van der Waals surface area contributed by atoms with Crippen LogP contribution in [-0.4, -0.2) is 44.7 Å². The van der Waals surface area contributed by atoms with Gasteiger partial charge in [0.15, 0.2) is 5.96 Å². The molecule has 0 aromatic heterocycles. The Balaban J connectivity index is 2.31. The molecule has 0 spiro atoms. The molecule has 0 saturated carbocycles. The molecule has 0 aliphatic carbocycles. The Morgan fingerprint density at radius 3 is 2.33 bits per heavy atom. The molecule has 0 bridgehead atoms. The van der Waals surface area contributed by atoms with Gasteiger partial charge in [-0.3, -0.25) is 9.79 Å². The van der Waals surface area contributed by atoms with Gasteiger partial charge in [0.2, 0.25) is 0 Å². The van der Waals surface area contributed by atoms with Crippen molar-refractivity contribution in [2.75, 3.05) is 26.7 Å². The van der Waals surface area contributed by atoms with E-state index in [9.17, 15) is 22.4 Å². The first kappa shape index (κ1) is 19.7. The van der Waals surface area contributed by atoms with Gasteiger partial charge in [-0.25, -0.2) is 4.39 Å². The van der Waals surface area contributed by atoms with Crippen molar-refractivity contribution < 1.29 is 22.4 Å². The summed E-state index contributed by atoms with van der Waals surface area (Å²) in [5, 5.41) is 7.86. The van der Waals surface area contributed by atoms with E-state index in [1.807, 2.05) is 0 Å². The highest BCUT2D eigenvalue weighted by Gasteiger charge is 2.26. The van der Waals surface area contributed by atoms with Crippen molar-refractivity contribution in [3.63, 3.8) is 0 Å². The molecule has 1 aromatic rings. The Bertz CT molecular complexity index is 587. The van der Waals surface area contributed by atoms with E-state index in [4.69, 9.17) is 0 Å². The summed E-state index contributed by atoms with van der Waals surface area (Å²) < 4.78 is 49.5. The summed E-state index contributed by atoms with van der Waals surface area (Å²) in [6.07, 6.45) is -5.20. The molecular weight excluding hydrogens is 328 g/mol. The molecule has 0 aliphatic rings. The quantitative estimate of drug-likeness (QED) is 0.319. The van der Waals surface area contributed by atoms with Gasteiger partial charge in [-0.05, 0) is 24.6 Å². The molecule has 1 rings (SSSR count). The Kier molecular flexibility index (Phi) is 7.47. The molecule has 0 fully saturated rings. The number of alkyl halides is 3. The van der Waals surface area contributed by atoms with E-state index < -0.39 is 24.3 Å². The first-order chi connectivity index (χ1) is 11.2. The van der Waals surface area contributed by atoms with E-state index in [0.717, 1.165) is 6.07 Å². The summed E-state index contributed by atoms with van der Waals surface area (Å²) in [4.78, 5) is 15.6. The number of hydrogen-bond donors (Lipinski definition) is 3. The van der Waals surface area contributed by atoms with Crippen molar-refractivity contribution in [1.82, 2.24) is 16.0 Å². The van der Waals surface area contributed by atoms with Crippen LogP contribution in [-0.2, 0) is 0 Å². The van der Waals surface area contributed by atoms with Crippen LogP contribution in [0.3, 0.4) is 0 Å². The van der Waals surface area contributed by atoms with Gasteiger partial charge in [-0.15, -0.1) is 0 Å². The standard InChI is InChI=1S/C15H20F4N4O/c1-10-3-4-11(9-12(10)16)13(24)21-7-8-23-14(20-2)22-6-5-15(17,18)19/h3-4,9H,5-8H2,1-2H3,(H,21,24)(H2,20,22,23). The fraction of sp³-hybridized carbons (Fsp3) is 0.467. The smallest absolute Gasteiger partial charge is 0.356 e. The molecule has 1 aromatic carbocycles. The number of guanidine groups is 1. The van der Waals surface area contributed by atoms with Gasteiger partial charge < -0.3 is 16.0 Å². The summed E-state index contributed by atoms with van der Waals surface area (Å²) in [6, 6.07) is 4.17. The fourth-order valence-corrected chi connectivity index (χ4v) is 1.74. The second-order valence-electron chi connectivity index (χ2n) is 5.01. The Labute approximate surface area is 137 Å². The summed E-state index contributed by atoms with van der Waals surface area (Å²) in [5.74, 6) is -0.694. The number of rotatable bonds is 6. The Morgan fingerprint density at radius 1 is 1.12 bits per heavy atom. The van der Waals surface area contributed by atoms with Gasteiger partial charge in [-0.1, -0.05) is 6.07 Å². The lowest BCUT2D eigenvalue weighted by molar-refractivity contribution is -0.132. The third-order valence-electron chi connectivity index (χ3n) is 3.06. The van der Waals surface area contributed by atoms with Crippen LogP contribution in [0.4, 0.5) is 17.6 Å². The number of carbonyl (C=O) groups excluding carboxylic acids is 1. The van der Waals surface area contributed by atoms with Crippen LogP contribution in [0.2, 0.25) is 0 Å². The first-order valence-electron chi connectivity index (χ1n) is 7.28. The number of nitrogens with one attached hydrogen (secondary N) is 3. The lowest BCUT2D eigenvalue weighted by Crippen LogP contribution is -2.42. The maximum Gasteiger partial charge on any atom is 0.390 e. The topological polar surface area (TPSA) is 65.5 Å². The molecule has 0 heterocycles. The van der Waals surface area contributed by atoms with Crippen molar-refractivity contribution in [3.05, 3.63) is 35.1 Å². The zero-order valence-corrected chi connectivity index (χ0v) is 13.4. The maximum absolute atomic E-state index is 13.4. The summed E-state index contributed by atoms with van der Waals surface area (Å²) in [6.45, 7) is 1.76. The summed E-state index contributed by atoms with van der Waals surface area (Å²) in [7, 11) is 1.43. The molecule has 0 radical (unpaired) electrons. The van der Waals surface area contributed by atoms with Crippen molar-refractivity contribution in [1.29, 1.82) is 0 Å². The third-order valence-corrected chi connectivity index (χ3v) is 3.06. The molecule has 9 heteroatoms. The number of hydrogen-bond acceptors (Lipinski definition) is 2. The molecule has 5 nitrogen and oxygen atoms in total. The number of nitrogens with zero attached hydrogens (tertiary/aromatic N) is 1. The Morgan fingerprint density at radius 2 is 1.75 bits per heavy atom. The molecule has 3 N–H and O–H groups in total. The van der Waals surface area contributed by atoms with Crippen LogP contribution in [0.1, 0.15) is 22.3 Å². The largest absolute Gasteiger partial charge is 0.390 e. The van der Waals surface area contributed by atoms with Crippen LogP contribution >= 0.6 is 0 Å². The predicted molar refractivity (Wildman–Crippen MR) is 83.5 cm³/mol. The molecule has 0 atom stereocenters. The van der Waals surface area contributed by atoms with Crippen molar-refractivity contribution >= 4 is 11.9 Å². The average molecular weight is 348 g/mol. The molecule has 134 valence electrons. The van der Waals surface area contributed by atoms with E-state index in [2.05, 4.69) is 20.9 Å². The average Bonchev–Trinajstić information content (AvgIpc) is 2.50. The minimum atomic E-state index is -4.23. The molecule has 1 amide bonds. The van der Waals surface area contributed by atoms with Crippen molar-refractivity contribution in [2.24, 2.45) is 4.99 Å². The van der Waals surface area contributed by atoms with E-state index in [-0.39, 0.29) is 31.2 Å². The van der Waals surface area contributed by atoms with Crippen LogP contribution in [0.15, 0.2) is 23.2 Å². The van der Waals surface area contributed by atoms with Gasteiger partial charge in [0.1, 0.15) is 5.82 Å². The zero-order chi connectivity index (χ0) is 18.2. The highest BCUT2D eigenvalue weighted by atomic mass is 19.4. The van der Waals surface area contributed by atoms with Crippen molar-refractivity contribution in [2.45, 2.75) is 19.5 Å². The molecule has 24 heavy (non-hydrogen) atoms. The van der Waals surface area contributed by atoms with Crippen LogP contribution < -0.4 is 16.0 Å². The third kappa shape index (κ3) is 7.30. The van der Waals surface area contributed by atoms with E-state index in [1.165, 1.54) is 19.2 Å². The van der Waals surface area contributed by atoms with Crippen LogP contribution in [0.5, 0.6) is 0 Å². The van der Waals surface area contributed by atoms with E-state index in [0.29, 0.717) is 5.56 Å². The highest BCUT2D eigenvalue weighted by molar-refractivity contribution is 5.94. The first-order valence-corrected chi connectivity index (χ1v) is 7.28. The lowest BCUT2D eigenvalue weighted by atomic mass is 10.1. The van der Waals surface area contributed by atoms with E-state index >= 15 is 0 Å². The number of aliphatic imine (C=N–C) groups is 1. The number of benzene rings is 1. The van der Waals surface area contributed by atoms with E-state index in [1.54, 1.807) is 6.92 Å². The highest BCUT2D eigenvalue weighted by Crippen LogP contribution is 2.17. The lowest BCUT2D eigenvalue weighted by Gasteiger charge is -2.13. The monoisotopic (exact) mass is 348 g/mol. The second-order valence-corrected chi connectivity index (χ2v) is 5.01. The molecular formula is C15H20F4N4O. The van der Waals surface area contributed by atoms with Gasteiger partial charge in [0, 0.05) is 32.2 Å². The number of carbonyl (C=O) groups is 1. The zero-order valence-electron chi connectivity index (χ0n) is 13.4.